The highest BCUT2D eigenvalue weighted by molar-refractivity contribution is 7.15. The van der Waals surface area contributed by atoms with Crippen molar-refractivity contribution in [2.45, 2.75) is 39.5 Å². The zero-order chi connectivity index (χ0) is 18.4. The van der Waals surface area contributed by atoms with Crippen molar-refractivity contribution in [2.75, 3.05) is 26.2 Å². The summed E-state index contributed by atoms with van der Waals surface area (Å²) in [6, 6.07) is 3.98. The van der Waals surface area contributed by atoms with E-state index in [1.54, 1.807) is 23.7 Å². The molecule has 1 aliphatic carbocycles. The van der Waals surface area contributed by atoms with Gasteiger partial charge in [0.1, 0.15) is 5.01 Å². The van der Waals surface area contributed by atoms with Gasteiger partial charge in [0.15, 0.2) is 0 Å². The van der Waals surface area contributed by atoms with Crippen molar-refractivity contribution >= 4 is 17.2 Å². The molecule has 2 heterocycles. The van der Waals surface area contributed by atoms with Crippen LogP contribution in [-0.4, -0.2) is 47.0 Å². The Hall–Kier alpha value is -1.79. The molecule has 1 atom stereocenters. The van der Waals surface area contributed by atoms with Crippen LogP contribution in [-0.2, 0) is 17.6 Å². The summed E-state index contributed by atoms with van der Waals surface area (Å²) in [6.45, 7) is 8.30. The van der Waals surface area contributed by atoms with Crippen molar-refractivity contribution in [1.82, 2.24) is 20.2 Å². The van der Waals surface area contributed by atoms with E-state index < -0.39 is 0 Å². The minimum atomic E-state index is 0.0587. The number of aryl methyl sites for hydroxylation is 1. The Morgan fingerprint density at radius 1 is 1.31 bits per heavy atom. The highest BCUT2D eigenvalue weighted by Crippen LogP contribution is 2.34. The number of aromatic nitrogens is 2. The lowest BCUT2D eigenvalue weighted by Gasteiger charge is -2.21. The lowest BCUT2D eigenvalue weighted by atomic mass is 9.90. The molecule has 1 N–H and O–H groups in total. The summed E-state index contributed by atoms with van der Waals surface area (Å²) in [5.41, 5.74) is 2.22. The Kier molecular flexibility index (Phi) is 6.74. The number of thiazole rings is 1. The Bertz CT molecular complexity index is 712. The van der Waals surface area contributed by atoms with Crippen molar-refractivity contribution in [1.29, 1.82) is 0 Å². The summed E-state index contributed by atoms with van der Waals surface area (Å²) < 4.78 is 0. The van der Waals surface area contributed by atoms with Crippen molar-refractivity contribution in [3.63, 3.8) is 0 Å². The SMILES string of the molecule is CCN(CC)CCCNC(=O)C1CCc2sc(-c3ccncc3)nc2C1. The number of carbonyl (C=O) groups excluding carboxylic acids is 1. The van der Waals surface area contributed by atoms with Gasteiger partial charge in [0.05, 0.1) is 5.69 Å². The molecule has 26 heavy (non-hydrogen) atoms. The second-order valence-electron chi connectivity index (χ2n) is 6.74. The van der Waals surface area contributed by atoms with E-state index in [1.807, 2.05) is 12.1 Å². The largest absolute Gasteiger partial charge is 0.356 e. The lowest BCUT2D eigenvalue weighted by molar-refractivity contribution is -0.125. The third kappa shape index (κ3) is 4.68. The summed E-state index contributed by atoms with van der Waals surface area (Å²) in [5, 5.41) is 4.17. The third-order valence-electron chi connectivity index (χ3n) is 5.08. The minimum Gasteiger partial charge on any atom is -0.356 e. The summed E-state index contributed by atoms with van der Waals surface area (Å²) in [4.78, 5) is 25.1. The second-order valence-corrected chi connectivity index (χ2v) is 7.82. The van der Waals surface area contributed by atoms with E-state index in [2.05, 4.69) is 29.0 Å². The van der Waals surface area contributed by atoms with Crippen molar-refractivity contribution in [3.05, 3.63) is 35.1 Å². The quantitative estimate of drug-likeness (QED) is 0.723. The summed E-state index contributed by atoms with van der Waals surface area (Å²) in [5.74, 6) is 0.247. The zero-order valence-corrected chi connectivity index (χ0v) is 16.5. The Balaban J connectivity index is 1.52. The molecule has 1 aliphatic rings. The standard InChI is InChI=1S/C20H28N4OS/c1-3-24(4-2)13-5-10-22-19(25)16-6-7-18-17(14-16)23-20(26-18)15-8-11-21-12-9-15/h8-9,11-12,16H,3-7,10,13-14H2,1-2H3,(H,22,25). The van der Waals surface area contributed by atoms with E-state index in [0.717, 1.165) is 68.1 Å². The van der Waals surface area contributed by atoms with E-state index in [1.165, 1.54) is 4.88 Å². The van der Waals surface area contributed by atoms with E-state index >= 15 is 0 Å². The van der Waals surface area contributed by atoms with Crippen LogP contribution in [0.4, 0.5) is 0 Å². The molecule has 3 rings (SSSR count). The average Bonchev–Trinajstić information content (AvgIpc) is 3.12. The van der Waals surface area contributed by atoms with Gasteiger partial charge in [0.2, 0.25) is 5.91 Å². The van der Waals surface area contributed by atoms with Gasteiger partial charge in [-0.05, 0) is 51.0 Å². The number of amides is 1. The monoisotopic (exact) mass is 372 g/mol. The maximum Gasteiger partial charge on any atom is 0.223 e. The molecule has 140 valence electrons. The number of carbonyl (C=O) groups is 1. The highest BCUT2D eigenvalue weighted by atomic mass is 32.1. The fraction of sp³-hybridized carbons (Fsp3) is 0.550. The number of nitrogens with one attached hydrogen (secondary N) is 1. The molecular formula is C20H28N4OS. The maximum atomic E-state index is 12.5. The van der Waals surface area contributed by atoms with Crippen LogP contribution < -0.4 is 5.32 Å². The molecular weight excluding hydrogens is 344 g/mol. The summed E-state index contributed by atoms with van der Waals surface area (Å²) >= 11 is 1.76. The second kappa shape index (κ2) is 9.24. The van der Waals surface area contributed by atoms with Gasteiger partial charge in [0.25, 0.3) is 0 Å². The van der Waals surface area contributed by atoms with Crippen molar-refractivity contribution < 1.29 is 4.79 Å². The van der Waals surface area contributed by atoms with Gasteiger partial charge in [-0.2, -0.15) is 0 Å². The molecule has 2 aromatic rings. The Morgan fingerprint density at radius 3 is 2.81 bits per heavy atom. The number of pyridine rings is 1. The fourth-order valence-electron chi connectivity index (χ4n) is 3.42. The van der Waals surface area contributed by atoms with Crippen LogP contribution in [0.2, 0.25) is 0 Å². The van der Waals surface area contributed by atoms with Gasteiger partial charge in [-0.15, -0.1) is 11.3 Å². The van der Waals surface area contributed by atoms with Crippen LogP contribution >= 0.6 is 11.3 Å². The van der Waals surface area contributed by atoms with E-state index in [-0.39, 0.29) is 11.8 Å². The highest BCUT2D eigenvalue weighted by Gasteiger charge is 2.27. The van der Waals surface area contributed by atoms with Crippen molar-refractivity contribution in [3.8, 4) is 10.6 Å². The molecule has 0 aromatic carbocycles. The predicted octanol–water partition coefficient (Wildman–Crippen LogP) is 3.16. The van der Waals surface area contributed by atoms with Gasteiger partial charge in [-0.25, -0.2) is 4.98 Å². The molecule has 2 aromatic heterocycles. The molecule has 0 spiro atoms. The number of rotatable bonds is 8. The molecule has 6 heteroatoms. The van der Waals surface area contributed by atoms with E-state index in [9.17, 15) is 4.79 Å². The van der Waals surface area contributed by atoms with Crippen LogP contribution in [0.5, 0.6) is 0 Å². The first-order valence-corrected chi connectivity index (χ1v) is 10.4. The topological polar surface area (TPSA) is 58.1 Å². The van der Waals surface area contributed by atoms with Gasteiger partial charge in [-0.3, -0.25) is 9.78 Å². The molecule has 0 saturated carbocycles. The van der Waals surface area contributed by atoms with Gasteiger partial charge in [0, 0.05) is 41.7 Å². The minimum absolute atomic E-state index is 0.0587. The van der Waals surface area contributed by atoms with Crippen molar-refractivity contribution in [2.24, 2.45) is 5.92 Å². The van der Waals surface area contributed by atoms with Gasteiger partial charge < -0.3 is 10.2 Å². The van der Waals surface area contributed by atoms with Crippen LogP contribution in [0.1, 0.15) is 37.3 Å². The molecule has 0 fully saturated rings. The molecule has 1 amide bonds. The number of hydrogen-bond donors (Lipinski definition) is 1. The first kappa shape index (κ1) is 19.0. The maximum absolute atomic E-state index is 12.5. The van der Waals surface area contributed by atoms with Crippen LogP contribution in [0.3, 0.4) is 0 Å². The number of fused-ring (bicyclic) bond motifs is 1. The smallest absolute Gasteiger partial charge is 0.223 e. The van der Waals surface area contributed by atoms with Gasteiger partial charge in [-0.1, -0.05) is 13.8 Å². The van der Waals surface area contributed by atoms with Gasteiger partial charge >= 0.3 is 0 Å². The fourth-order valence-corrected chi connectivity index (χ4v) is 4.53. The van der Waals surface area contributed by atoms with Crippen LogP contribution in [0.25, 0.3) is 10.6 Å². The number of nitrogens with zero attached hydrogens (tertiary/aromatic N) is 3. The molecule has 1 unspecified atom stereocenters. The molecule has 0 bridgehead atoms. The Labute approximate surface area is 159 Å². The molecule has 0 saturated heterocycles. The zero-order valence-electron chi connectivity index (χ0n) is 15.7. The van der Waals surface area contributed by atoms with E-state index in [4.69, 9.17) is 4.98 Å². The molecule has 5 nitrogen and oxygen atoms in total. The van der Waals surface area contributed by atoms with E-state index in [0.29, 0.717) is 0 Å². The lowest BCUT2D eigenvalue weighted by Crippen LogP contribution is -2.36. The normalized spacial score (nSPS) is 16.5. The Morgan fingerprint density at radius 2 is 2.08 bits per heavy atom. The molecule has 0 radical (unpaired) electrons. The van der Waals surface area contributed by atoms with Crippen LogP contribution in [0.15, 0.2) is 24.5 Å². The average molecular weight is 373 g/mol. The first-order chi connectivity index (χ1) is 12.7. The summed E-state index contributed by atoms with van der Waals surface area (Å²) in [6.07, 6.45) is 7.24. The predicted molar refractivity (Wildman–Crippen MR) is 106 cm³/mol. The molecule has 0 aliphatic heterocycles. The van der Waals surface area contributed by atoms with Crippen LogP contribution in [0, 0.1) is 5.92 Å². The number of hydrogen-bond acceptors (Lipinski definition) is 5. The third-order valence-corrected chi connectivity index (χ3v) is 6.29. The summed E-state index contributed by atoms with van der Waals surface area (Å²) in [7, 11) is 0. The first-order valence-electron chi connectivity index (χ1n) is 9.60.